The molecule has 8 nitrogen and oxygen atoms in total. The van der Waals surface area contributed by atoms with Gasteiger partial charge in [-0.15, -0.1) is 0 Å². The van der Waals surface area contributed by atoms with Gasteiger partial charge in [-0.2, -0.15) is 5.26 Å². The van der Waals surface area contributed by atoms with Crippen LogP contribution in [0.25, 0.3) is 4.91 Å². The number of carbonyl (C=O) groups is 1. The van der Waals surface area contributed by atoms with E-state index in [4.69, 9.17) is 10.5 Å². The molecule has 2 aromatic carbocycles. The molecule has 190 valence electrons. The van der Waals surface area contributed by atoms with Crippen LogP contribution >= 0.6 is 11.8 Å². The van der Waals surface area contributed by atoms with Crippen molar-refractivity contribution < 1.29 is 17.9 Å². The summed E-state index contributed by atoms with van der Waals surface area (Å²) in [6.45, 7) is 8.09. The molecular formula is C26H30N4O4S2. The molecule has 1 atom stereocenters. The quantitative estimate of drug-likeness (QED) is 0.376. The highest BCUT2D eigenvalue weighted by molar-refractivity contribution is 8.22. The molecule has 1 aliphatic carbocycles. The van der Waals surface area contributed by atoms with Crippen LogP contribution in [0.3, 0.4) is 0 Å². The highest BCUT2D eigenvalue weighted by atomic mass is 32.2. The first-order valence-electron chi connectivity index (χ1n) is 11.5. The van der Waals surface area contributed by atoms with Crippen LogP contribution in [0.2, 0.25) is 0 Å². The van der Waals surface area contributed by atoms with Gasteiger partial charge >= 0.3 is 0 Å². The molecule has 0 bridgehead atoms. The fourth-order valence-corrected chi connectivity index (χ4v) is 6.20. The summed E-state index contributed by atoms with van der Waals surface area (Å²) in [5.41, 5.74) is 9.09. The maximum Gasteiger partial charge on any atom is 0.234 e. The average Bonchev–Trinajstić information content (AvgIpc) is 2.81. The minimum atomic E-state index is -3.84. The largest absolute Gasteiger partial charge is 0.490 e. The van der Waals surface area contributed by atoms with E-state index in [-0.39, 0.29) is 6.10 Å². The number of aliphatic imine (C=N–C) groups is 1. The Morgan fingerprint density at radius 3 is 2.75 bits per heavy atom. The van der Waals surface area contributed by atoms with Gasteiger partial charge in [0, 0.05) is 23.6 Å². The van der Waals surface area contributed by atoms with E-state index in [0.29, 0.717) is 22.8 Å². The summed E-state index contributed by atoms with van der Waals surface area (Å²) in [6.07, 6.45) is 2.13. The number of nitrogens with two attached hydrogens (primary N) is 1. The highest BCUT2D eigenvalue weighted by Gasteiger charge is 2.27. The van der Waals surface area contributed by atoms with Crippen molar-refractivity contribution in [2.75, 3.05) is 12.8 Å². The van der Waals surface area contributed by atoms with Crippen LogP contribution in [0.5, 0.6) is 5.75 Å². The van der Waals surface area contributed by atoms with E-state index < -0.39 is 27.7 Å². The first kappa shape index (κ1) is 27.5. The summed E-state index contributed by atoms with van der Waals surface area (Å²) < 4.78 is 33.0. The molecule has 3 N–H and O–H groups in total. The highest BCUT2D eigenvalue weighted by Crippen LogP contribution is 2.39. The number of rotatable bonds is 9. The minimum absolute atomic E-state index is 0.0511. The van der Waals surface area contributed by atoms with Gasteiger partial charge < -0.3 is 10.5 Å². The lowest BCUT2D eigenvalue weighted by molar-refractivity contribution is -0.115. The molecular weight excluding hydrogens is 496 g/mol. The standard InChI is InChI=1S/C26H30N4O4S2/c1-16(2)34-24-12-11-18(13-19(24)14-27)26(29-4)35-17(3)20-7-5-9-22-21(20)8-6-10-23(22)30-36(32,33)15-25(28)31/h5,7,9,11-13,16,23,30H,3,6,8,10,15H2,1-2,4H3,(H2,28,31)/t23-/m0/s1. The zero-order chi connectivity index (χ0) is 26.5. The molecule has 10 heteroatoms. The maximum atomic E-state index is 12.3. The van der Waals surface area contributed by atoms with Crippen molar-refractivity contribution >= 4 is 37.6 Å². The van der Waals surface area contributed by atoms with Crippen LogP contribution < -0.4 is 15.2 Å². The number of carbonyl (C=O) groups excluding carboxylic acids is 1. The van der Waals surface area contributed by atoms with E-state index >= 15 is 0 Å². The molecule has 0 aliphatic heterocycles. The summed E-state index contributed by atoms with van der Waals surface area (Å²) in [5.74, 6) is -1.12. The van der Waals surface area contributed by atoms with Crippen LogP contribution in [-0.2, 0) is 21.2 Å². The Morgan fingerprint density at radius 1 is 1.36 bits per heavy atom. The van der Waals surface area contributed by atoms with Crippen molar-refractivity contribution in [3.63, 3.8) is 0 Å². The molecule has 2 aromatic rings. The molecule has 1 aliphatic rings. The zero-order valence-electron chi connectivity index (χ0n) is 20.6. The van der Waals surface area contributed by atoms with Crippen LogP contribution in [0, 0.1) is 11.3 Å². The number of primary amides is 1. The lowest BCUT2D eigenvalue weighted by Gasteiger charge is -2.28. The third-order valence-corrected chi connectivity index (χ3v) is 7.98. The number of sulfonamides is 1. The maximum absolute atomic E-state index is 12.3. The van der Waals surface area contributed by atoms with Crippen molar-refractivity contribution in [2.45, 2.75) is 45.3 Å². The van der Waals surface area contributed by atoms with Crippen LogP contribution in [0.4, 0.5) is 0 Å². The van der Waals surface area contributed by atoms with E-state index in [0.717, 1.165) is 40.0 Å². The number of fused-ring (bicyclic) bond motifs is 1. The monoisotopic (exact) mass is 526 g/mol. The van der Waals surface area contributed by atoms with Gasteiger partial charge in [0.05, 0.1) is 11.7 Å². The number of nitrogens with zero attached hydrogens (tertiary/aromatic N) is 2. The molecule has 3 rings (SSSR count). The molecule has 0 aromatic heterocycles. The zero-order valence-corrected chi connectivity index (χ0v) is 22.2. The number of thioether (sulfide) groups is 1. The van der Waals surface area contributed by atoms with E-state index in [1.807, 2.05) is 38.1 Å². The Bertz CT molecular complexity index is 1340. The fraction of sp³-hybridized carbons (Fsp3) is 0.346. The van der Waals surface area contributed by atoms with Gasteiger partial charge in [0.1, 0.15) is 22.6 Å². The van der Waals surface area contributed by atoms with Crippen LogP contribution in [0.1, 0.15) is 60.5 Å². The predicted molar refractivity (Wildman–Crippen MR) is 144 cm³/mol. The Morgan fingerprint density at radius 2 is 2.11 bits per heavy atom. The Hall–Kier alpha value is -3.13. The van der Waals surface area contributed by atoms with Gasteiger partial charge in [0.2, 0.25) is 15.9 Å². The van der Waals surface area contributed by atoms with E-state index in [9.17, 15) is 18.5 Å². The van der Waals surface area contributed by atoms with Crippen molar-refractivity contribution in [1.82, 2.24) is 4.72 Å². The van der Waals surface area contributed by atoms with Gasteiger partial charge in [-0.3, -0.25) is 9.79 Å². The lowest BCUT2D eigenvalue weighted by Crippen LogP contribution is -2.37. The second-order valence-corrected chi connectivity index (χ2v) is 11.5. The molecule has 1 amide bonds. The smallest absolute Gasteiger partial charge is 0.234 e. The number of nitrogens with one attached hydrogen (secondary N) is 1. The van der Waals surface area contributed by atoms with Gasteiger partial charge in [-0.05, 0) is 68.0 Å². The molecule has 36 heavy (non-hydrogen) atoms. The summed E-state index contributed by atoms with van der Waals surface area (Å²) >= 11 is 1.39. The second kappa shape index (κ2) is 11.7. The van der Waals surface area contributed by atoms with E-state index in [1.165, 1.54) is 11.8 Å². The third-order valence-electron chi connectivity index (χ3n) is 5.59. The van der Waals surface area contributed by atoms with Crippen LogP contribution in [0.15, 0.2) is 48.0 Å². The van der Waals surface area contributed by atoms with Crippen molar-refractivity contribution in [3.05, 3.63) is 70.8 Å². The number of ether oxygens (including phenoxy) is 1. The molecule has 0 radical (unpaired) electrons. The number of amides is 1. The van der Waals surface area contributed by atoms with Gasteiger partial charge in [0.25, 0.3) is 0 Å². The molecule has 0 saturated carbocycles. The average molecular weight is 527 g/mol. The minimum Gasteiger partial charge on any atom is -0.490 e. The van der Waals surface area contributed by atoms with Gasteiger partial charge in [-0.1, -0.05) is 36.5 Å². The number of hydrogen-bond acceptors (Lipinski definition) is 7. The molecule has 0 unspecified atom stereocenters. The van der Waals surface area contributed by atoms with Crippen LogP contribution in [-0.4, -0.2) is 38.3 Å². The topological polar surface area (TPSA) is 135 Å². The normalized spacial score (nSPS) is 15.8. The summed E-state index contributed by atoms with van der Waals surface area (Å²) in [4.78, 5) is 16.3. The van der Waals surface area contributed by atoms with Crippen molar-refractivity contribution in [1.29, 1.82) is 5.26 Å². The Labute approximate surface area is 216 Å². The molecule has 0 spiro atoms. The summed E-state index contributed by atoms with van der Waals surface area (Å²) in [7, 11) is -2.16. The number of benzene rings is 2. The Balaban J connectivity index is 1.87. The van der Waals surface area contributed by atoms with E-state index in [1.54, 1.807) is 19.2 Å². The van der Waals surface area contributed by atoms with Crippen molar-refractivity contribution in [2.24, 2.45) is 10.7 Å². The second-order valence-electron chi connectivity index (χ2n) is 8.70. The Kier molecular flexibility index (Phi) is 8.95. The van der Waals surface area contributed by atoms with Gasteiger partial charge in [0.15, 0.2) is 0 Å². The molecule has 0 heterocycles. The third kappa shape index (κ3) is 6.75. The SMILES string of the molecule is C=C(SC(=NC)c1ccc(OC(C)C)c(C#N)c1)c1cccc2c1CCC[C@@H]2NS(=O)(=O)CC(N)=O. The first-order valence-corrected chi connectivity index (χ1v) is 14.0. The lowest BCUT2D eigenvalue weighted by atomic mass is 9.85. The van der Waals surface area contributed by atoms with E-state index in [2.05, 4.69) is 22.4 Å². The predicted octanol–water partition coefficient (Wildman–Crippen LogP) is 3.91. The van der Waals surface area contributed by atoms with Gasteiger partial charge in [-0.25, -0.2) is 13.1 Å². The molecule has 0 fully saturated rings. The molecule has 0 saturated heterocycles. The number of nitriles is 1. The summed E-state index contributed by atoms with van der Waals surface area (Å²) in [6, 6.07) is 12.9. The summed E-state index contributed by atoms with van der Waals surface area (Å²) in [5, 5.41) is 10.3. The first-order chi connectivity index (χ1) is 17.0. The fourth-order valence-electron chi connectivity index (χ4n) is 4.19. The number of hydrogen-bond donors (Lipinski definition) is 2. The van der Waals surface area contributed by atoms with Crippen molar-refractivity contribution in [3.8, 4) is 11.8 Å².